The number of hydrogen-bond acceptors (Lipinski definition) is 3. The van der Waals surface area contributed by atoms with Crippen LogP contribution in [0.15, 0.2) is 48.5 Å². The van der Waals surface area contributed by atoms with Crippen LogP contribution in [0.2, 0.25) is 0 Å². The Labute approximate surface area is 119 Å². The molecule has 1 aliphatic rings. The van der Waals surface area contributed by atoms with E-state index >= 15 is 0 Å². The maximum absolute atomic E-state index is 5.80. The number of rotatable bonds is 4. The predicted octanol–water partition coefficient (Wildman–Crippen LogP) is 3.13. The van der Waals surface area contributed by atoms with Crippen molar-refractivity contribution in [2.75, 3.05) is 20.8 Å². The molecule has 1 N–H and O–H groups in total. The van der Waals surface area contributed by atoms with Crippen molar-refractivity contribution < 1.29 is 9.47 Å². The normalized spacial score (nSPS) is 18.2. The zero-order valence-corrected chi connectivity index (χ0v) is 11.8. The van der Waals surface area contributed by atoms with Gasteiger partial charge in [0.05, 0.1) is 13.7 Å². The van der Waals surface area contributed by atoms with Crippen LogP contribution in [0, 0.1) is 0 Å². The SMILES string of the molecule is CNC(c1ccc(OC)cc1)C1COc2ccccc21. The summed E-state index contributed by atoms with van der Waals surface area (Å²) in [5, 5.41) is 3.42. The van der Waals surface area contributed by atoms with Gasteiger partial charge in [-0.2, -0.15) is 0 Å². The molecule has 3 nitrogen and oxygen atoms in total. The maximum Gasteiger partial charge on any atom is 0.122 e. The Hall–Kier alpha value is -2.00. The first-order valence-corrected chi connectivity index (χ1v) is 6.86. The highest BCUT2D eigenvalue weighted by Gasteiger charge is 2.31. The van der Waals surface area contributed by atoms with Crippen molar-refractivity contribution in [1.29, 1.82) is 0 Å². The van der Waals surface area contributed by atoms with Gasteiger partial charge in [-0.25, -0.2) is 0 Å². The second-order valence-electron chi connectivity index (χ2n) is 4.99. The summed E-state index contributed by atoms with van der Waals surface area (Å²) in [7, 11) is 3.68. The smallest absolute Gasteiger partial charge is 0.122 e. The topological polar surface area (TPSA) is 30.5 Å². The average molecular weight is 269 g/mol. The van der Waals surface area contributed by atoms with Crippen molar-refractivity contribution in [3.63, 3.8) is 0 Å². The highest BCUT2D eigenvalue weighted by Crippen LogP contribution is 2.41. The number of ether oxygens (including phenoxy) is 2. The molecule has 0 saturated heterocycles. The van der Waals surface area contributed by atoms with Crippen LogP contribution < -0.4 is 14.8 Å². The monoisotopic (exact) mass is 269 g/mol. The number of nitrogens with one attached hydrogen (secondary N) is 1. The van der Waals surface area contributed by atoms with Gasteiger partial charge in [-0.15, -0.1) is 0 Å². The second-order valence-corrected chi connectivity index (χ2v) is 4.99. The van der Waals surface area contributed by atoms with Gasteiger partial charge in [0, 0.05) is 17.5 Å². The van der Waals surface area contributed by atoms with Gasteiger partial charge in [0.25, 0.3) is 0 Å². The molecule has 0 aromatic heterocycles. The molecule has 2 aromatic rings. The first-order valence-electron chi connectivity index (χ1n) is 6.86. The minimum absolute atomic E-state index is 0.240. The van der Waals surface area contributed by atoms with E-state index in [0.717, 1.165) is 18.1 Å². The zero-order chi connectivity index (χ0) is 13.9. The molecule has 3 rings (SSSR count). The van der Waals surface area contributed by atoms with Gasteiger partial charge in [0.15, 0.2) is 0 Å². The van der Waals surface area contributed by atoms with Crippen LogP contribution in [0.1, 0.15) is 23.1 Å². The van der Waals surface area contributed by atoms with Crippen LogP contribution in [0.5, 0.6) is 11.5 Å². The summed E-state index contributed by atoms with van der Waals surface area (Å²) >= 11 is 0. The van der Waals surface area contributed by atoms with Crippen molar-refractivity contribution in [2.24, 2.45) is 0 Å². The van der Waals surface area contributed by atoms with Crippen LogP contribution in [0.4, 0.5) is 0 Å². The third-order valence-electron chi connectivity index (χ3n) is 3.93. The molecule has 0 spiro atoms. The first-order chi connectivity index (χ1) is 9.83. The largest absolute Gasteiger partial charge is 0.497 e. The van der Waals surface area contributed by atoms with Gasteiger partial charge in [0.2, 0.25) is 0 Å². The van der Waals surface area contributed by atoms with E-state index in [1.165, 1.54) is 11.1 Å². The molecule has 0 aliphatic carbocycles. The Morgan fingerprint density at radius 1 is 1.15 bits per heavy atom. The standard InChI is InChI=1S/C17H19NO2/c1-18-17(12-7-9-13(19-2)10-8-12)15-11-20-16-6-4-3-5-14(15)16/h3-10,15,17-18H,11H2,1-2H3. The molecule has 0 bridgehead atoms. The number of fused-ring (bicyclic) bond motifs is 1. The van der Waals surface area contributed by atoms with Crippen molar-refractivity contribution in [3.8, 4) is 11.5 Å². The lowest BCUT2D eigenvalue weighted by Gasteiger charge is -2.23. The highest BCUT2D eigenvalue weighted by molar-refractivity contribution is 5.42. The molecule has 0 amide bonds. The van der Waals surface area contributed by atoms with Crippen molar-refractivity contribution >= 4 is 0 Å². The molecule has 104 valence electrons. The van der Waals surface area contributed by atoms with Gasteiger partial charge >= 0.3 is 0 Å². The summed E-state index contributed by atoms with van der Waals surface area (Å²) in [6, 6.07) is 16.7. The molecule has 2 atom stereocenters. The van der Waals surface area contributed by atoms with Crippen molar-refractivity contribution in [1.82, 2.24) is 5.32 Å². The zero-order valence-electron chi connectivity index (χ0n) is 11.8. The molecular weight excluding hydrogens is 250 g/mol. The molecule has 20 heavy (non-hydrogen) atoms. The molecule has 0 radical (unpaired) electrons. The number of benzene rings is 2. The minimum Gasteiger partial charge on any atom is -0.497 e. The van der Waals surface area contributed by atoms with E-state index in [0.29, 0.717) is 5.92 Å². The Bertz CT molecular complexity index is 580. The molecule has 0 saturated carbocycles. The summed E-state index contributed by atoms with van der Waals surface area (Å²) in [5.41, 5.74) is 2.53. The fourth-order valence-corrected chi connectivity index (χ4v) is 2.87. The van der Waals surface area contributed by atoms with E-state index < -0.39 is 0 Å². The summed E-state index contributed by atoms with van der Waals surface area (Å²) in [6.07, 6.45) is 0. The van der Waals surface area contributed by atoms with Gasteiger partial charge in [-0.05, 0) is 30.8 Å². The summed E-state index contributed by atoms with van der Waals surface area (Å²) in [5.74, 6) is 2.22. The molecule has 0 fully saturated rings. The van der Waals surface area contributed by atoms with Crippen LogP contribution in [-0.2, 0) is 0 Å². The van der Waals surface area contributed by atoms with E-state index in [1.807, 2.05) is 31.3 Å². The van der Waals surface area contributed by atoms with Crippen LogP contribution >= 0.6 is 0 Å². The summed E-state index contributed by atoms with van der Waals surface area (Å²) in [4.78, 5) is 0. The van der Waals surface area contributed by atoms with E-state index in [-0.39, 0.29) is 6.04 Å². The average Bonchev–Trinajstić information content (AvgIpc) is 2.93. The Kier molecular flexibility index (Phi) is 3.61. The van der Waals surface area contributed by atoms with Crippen molar-refractivity contribution in [2.45, 2.75) is 12.0 Å². The third kappa shape index (κ3) is 2.25. The van der Waals surface area contributed by atoms with Gasteiger partial charge in [-0.1, -0.05) is 30.3 Å². The minimum atomic E-state index is 0.240. The van der Waals surface area contributed by atoms with Gasteiger partial charge < -0.3 is 14.8 Å². The Morgan fingerprint density at radius 2 is 1.90 bits per heavy atom. The number of para-hydroxylation sites is 1. The quantitative estimate of drug-likeness (QED) is 0.925. The first kappa shape index (κ1) is 13.0. The molecule has 2 aromatic carbocycles. The highest BCUT2D eigenvalue weighted by atomic mass is 16.5. The van der Waals surface area contributed by atoms with Crippen LogP contribution in [-0.4, -0.2) is 20.8 Å². The maximum atomic E-state index is 5.80. The van der Waals surface area contributed by atoms with E-state index in [1.54, 1.807) is 7.11 Å². The van der Waals surface area contributed by atoms with E-state index in [4.69, 9.17) is 9.47 Å². The third-order valence-corrected chi connectivity index (χ3v) is 3.93. The lowest BCUT2D eigenvalue weighted by Crippen LogP contribution is -2.24. The number of hydrogen-bond donors (Lipinski definition) is 1. The summed E-state index contributed by atoms with van der Waals surface area (Å²) in [6.45, 7) is 0.719. The fourth-order valence-electron chi connectivity index (χ4n) is 2.87. The Balaban J connectivity index is 1.90. The van der Waals surface area contributed by atoms with Crippen LogP contribution in [0.3, 0.4) is 0 Å². The number of likely N-dealkylation sites (N-methyl/N-ethyl adjacent to an activating group) is 1. The van der Waals surface area contributed by atoms with E-state index in [2.05, 4.69) is 29.6 Å². The predicted molar refractivity (Wildman–Crippen MR) is 79.5 cm³/mol. The Morgan fingerprint density at radius 3 is 2.60 bits per heavy atom. The molecule has 1 aliphatic heterocycles. The van der Waals surface area contributed by atoms with Gasteiger partial charge in [0.1, 0.15) is 11.5 Å². The second kappa shape index (κ2) is 5.55. The molecule has 3 heteroatoms. The fraction of sp³-hybridized carbons (Fsp3) is 0.294. The van der Waals surface area contributed by atoms with Crippen molar-refractivity contribution in [3.05, 3.63) is 59.7 Å². The lowest BCUT2D eigenvalue weighted by atomic mass is 9.88. The van der Waals surface area contributed by atoms with Gasteiger partial charge in [-0.3, -0.25) is 0 Å². The number of methoxy groups -OCH3 is 1. The molecule has 1 heterocycles. The van der Waals surface area contributed by atoms with E-state index in [9.17, 15) is 0 Å². The molecule has 2 unspecified atom stereocenters. The lowest BCUT2D eigenvalue weighted by molar-refractivity contribution is 0.304. The summed E-state index contributed by atoms with van der Waals surface area (Å²) < 4.78 is 11.0. The van der Waals surface area contributed by atoms with Crippen LogP contribution in [0.25, 0.3) is 0 Å². The molecular formula is C17H19NO2.